The Morgan fingerprint density at radius 3 is 2.05 bits per heavy atom. The van der Waals surface area contributed by atoms with Gasteiger partial charge in [-0.2, -0.15) is 0 Å². The lowest BCUT2D eigenvalue weighted by molar-refractivity contribution is 0.0698. The highest BCUT2D eigenvalue weighted by Gasteiger charge is 2.15. The van der Waals surface area contributed by atoms with Gasteiger partial charge in [-0.1, -0.05) is 46.4 Å². The van der Waals surface area contributed by atoms with Crippen molar-refractivity contribution in [3.63, 3.8) is 0 Å². The van der Waals surface area contributed by atoms with Crippen LogP contribution in [-0.2, 0) is 0 Å². The quantitative estimate of drug-likeness (QED) is 0.718. The van der Waals surface area contributed by atoms with Gasteiger partial charge < -0.3 is 5.11 Å². The third kappa shape index (κ3) is 2.98. The Hall–Kier alpha value is -0.930. The van der Waals surface area contributed by atoms with Crippen LogP contribution < -0.4 is 0 Å². The average Bonchev–Trinajstić information content (AvgIpc) is 2.34. The van der Waals surface area contributed by atoms with Crippen molar-refractivity contribution < 1.29 is 9.90 Å². The molecule has 0 saturated carbocycles. The van der Waals surface area contributed by atoms with E-state index >= 15 is 0 Å². The second-order valence-corrected chi connectivity index (χ2v) is 5.38. The van der Waals surface area contributed by atoms with Gasteiger partial charge in [0.05, 0.1) is 20.6 Å². The smallest absolute Gasteiger partial charge is 0.336 e. The number of rotatable bonds is 2. The number of hydrogen-bond acceptors (Lipinski definition) is 1. The molecule has 0 spiro atoms. The first-order valence-electron chi connectivity index (χ1n) is 5.08. The summed E-state index contributed by atoms with van der Waals surface area (Å²) in [6.45, 7) is 0. The Bertz CT molecular complexity index is 645. The summed E-state index contributed by atoms with van der Waals surface area (Å²) in [6.07, 6.45) is 0. The fourth-order valence-corrected chi connectivity index (χ4v) is 2.42. The van der Waals surface area contributed by atoms with E-state index in [9.17, 15) is 9.90 Å². The molecule has 0 heterocycles. The Morgan fingerprint density at radius 2 is 1.53 bits per heavy atom. The van der Waals surface area contributed by atoms with Crippen molar-refractivity contribution >= 4 is 52.4 Å². The molecule has 2 nitrogen and oxygen atoms in total. The fourth-order valence-electron chi connectivity index (χ4n) is 1.65. The standard InChI is InChI=1S/C13H6Cl4O2/c14-7-1-2-8(13(18)19)9(5-7)6-3-10(15)12(17)11(16)4-6/h1-5H,(H,18,19). The summed E-state index contributed by atoms with van der Waals surface area (Å²) < 4.78 is 0. The van der Waals surface area contributed by atoms with Crippen LogP contribution in [0.25, 0.3) is 11.1 Å². The highest BCUT2D eigenvalue weighted by Crippen LogP contribution is 2.36. The average molecular weight is 336 g/mol. The number of carboxylic acids is 1. The highest BCUT2D eigenvalue weighted by molar-refractivity contribution is 6.48. The molecule has 2 rings (SSSR count). The largest absolute Gasteiger partial charge is 0.478 e. The fraction of sp³-hybridized carbons (Fsp3) is 0. The summed E-state index contributed by atoms with van der Waals surface area (Å²) >= 11 is 23.6. The molecule has 98 valence electrons. The summed E-state index contributed by atoms with van der Waals surface area (Å²) in [5.74, 6) is -1.06. The van der Waals surface area contributed by atoms with Crippen molar-refractivity contribution in [3.05, 3.63) is 56.0 Å². The van der Waals surface area contributed by atoms with Crippen LogP contribution in [0.2, 0.25) is 20.1 Å². The van der Waals surface area contributed by atoms with Crippen molar-refractivity contribution in [1.82, 2.24) is 0 Å². The van der Waals surface area contributed by atoms with Crippen molar-refractivity contribution in [1.29, 1.82) is 0 Å². The van der Waals surface area contributed by atoms with Crippen LogP contribution in [0.1, 0.15) is 10.4 Å². The lowest BCUT2D eigenvalue weighted by Gasteiger charge is -2.09. The minimum Gasteiger partial charge on any atom is -0.478 e. The molecular weight excluding hydrogens is 330 g/mol. The molecule has 0 unspecified atom stereocenters. The van der Waals surface area contributed by atoms with E-state index in [0.717, 1.165) is 0 Å². The van der Waals surface area contributed by atoms with Gasteiger partial charge in [0, 0.05) is 5.02 Å². The number of halogens is 4. The van der Waals surface area contributed by atoms with Crippen LogP contribution in [0, 0.1) is 0 Å². The van der Waals surface area contributed by atoms with Crippen molar-refractivity contribution in [2.75, 3.05) is 0 Å². The van der Waals surface area contributed by atoms with Gasteiger partial charge >= 0.3 is 5.97 Å². The van der Waals surface area contributed by atoms with Gasteiger partial charge in [-0.25, -0.2) is 4.79 Å². The van der Waals surface area contributed by atoms with Gasteiger partial charge in [0.25, 0.3) is 0 Å². The molecule has 0 atom stereocenters. The van der Waals surface area contributed by atoms with E-state index in [1.165, 1.54) is 12.1 Å². The maximum Gasteiger partial charge on any atom is 0.336 e. The van der Waals surface area contributed by atoms with Crippen molar-refractivity contribution in [2.24, 2.45) is 0 Å². The number of benzene rings is 2. The van der Waals surface area contributed by atoms with Crippen LogP contribution in [-0.4, -0.2) is 11.1 Å². The molecule has 0 saturated heterocycles. The monoisotopic (exact) mass is 334 g/mol. The van der Waals surface area contributed by atoms with Gasteiger partial charge in [-0.15, -0.1) is 0 Å². The Morgan fingerprint density at radius 1 is 0.947 bits per heavy atom. The second-order valence-electron chi connectivity index (χ2n) is 3.75. The summed E-state index contributed by atoms with van der Waals surface area (Å²) in [5, 5.41) is 10.3. The lowest BCUT2D eigenvalue weighted by atomic mass is 10.00. The minimum atomic E-state index is -1.06. The number of carbonyl (C=O) groups is 1. The molecule has 19 heavy (non-hydrogen) atoms. The molecule has 0 fully saturated rings. The third-order valence-corrected chi connectivity index (χ3v) is 3.94. The Labute approximate surface area is 129 Å². The molecule has 0 amide bonds. The first-order chi connectivity index (χ1) is 8.90. The maximum absolute atomic E-state index is 11.2. The zero-order chi connectivity index (χ0) is 14.2. The Balaban J connectivity index is 2.71. The van der Waals surface area contributed by atoms with E-state index in [-0.39, 0.29) is 20.6 Å². The Kier molecular flexibility index (Phi) is 4.26. The van der Waals surface area contributed by atoms with E-state index in [0.29, 0.717) is 16.1 Å². The molecule has 0 aliphatic carbocycles. The van der Waals surface area contributed by atoms with Gasteiger partial charge in [-0.05, 0) is 41.5 Å². The van der Waals surface area contributed by atoms with Gasteiger partial charge in [0.15, 0.2) is 0 Å². The number of aromatic carboxylic acids is 1. The molecule has 0 bridgehead atoms. The van der Waals surface area contributed by atoms with E-state index in [1.54, 1.807) is 18.2 Å². The first kappa shape index (κ1) is 14.5. The zero-order valence-electron chi connectivity index (χ0n) is 9.25. The van der Waals surface area contributed by atoms with Gasteiger partial charge in [0.1, 0.15) is 0 Å². The number of hydrogen-bond donors (Lipinski definition) is 1. The van der Waals surface area contributed by atoms with E-state index in [2.05, 4.69) is 0 Å². The van der Waals surface area contributed by atoms with Crippen LogP contribution in [0.3, 0.4) is 0 Å². The normalized spacial score (nSPS) is 10.5. The summed E-state index contributed by atoms with van der Waals surface area (Å²) in [5.41, 5.74) is 1.08. The van der Waals surface area contributed by atoms with Crippen molar-refractivity contribution in [2.45, 2.75) is 0 Å². The lowest BCUT2D eigenvalue weighted by Crippen LogP contribution is -1.99. The second kappa shape index (κ2) is 5.59. The van der Waals surface area contributed by atoms with Crippen LogP contribution in [0.4, 0.5) is 0 Å². The maximum atomic E-state index is 11.2. The van der Waals surface area contributed by atoms with Crippen LogP contribution >= 0.6 is 46.4 Å². The zero-order valence-corrected chi connectivity index (χ0v) is 12.3. The molecule has 2 aromatic carbocycles. The van der Waals surface area contributed by atoms with Crippen LogP contribution in [0.15, 0.2) is 30.3 Å². The highest BCUT2D eigenvalue weighted by atomic mass is 35.5. The topological polar surface area (TPSA) is 37.3 Å². The summed E-state index contributed by atoms with van der Waals surface area (Å²) in [6, 6.07) is 7.58. The van der Waals surface area contributed by atoms with E-state index in [1.807, 2.05) is 0 Å². The molecule has 0 radical (unpaired) electrons. The predicted octanol–water partition coefficient (Wildman–Crippen LogP) is 5.67. The van der Waals surface area contributed by atoms with E-state index < -0.39 is 5.97 Å². The summed E-state index contributed by atoms with van der Waals surface area (Å²) in [4.78, 5) is 11.2. The van der Waals surface area contributed by atoms with Gasteiger partial charge in [-0.3, -0.25) is 0 Å². The van der Waals surface area contributed by atoms with Crippen molar-refractivity contribution in [3.8, 4) is 11.1 Å². The van der Waals surface area contributed by atoms with Gasteiger partial charge in [0.2, 0.25) is 0 Å². The summed E-state index contributed by atoms with van der Waals surface area (Å²) in [7, 11) is 0. The minimum absolute atomic E-state index is 0.110. The molecule has 2 aromatic rings. The van der Waals surface area contributed by atoms with Crippen LogP contribution in [0.5, 0.6) is 0 Å². The third-order valence-electron chi connectivity index (χ3n) is 2.51. The molecule has 0 aromatic heterocycles. The molecule has 6 heteroatoms. The molecule has 0 aliphatic heterocycles. The SMILES string of the molecule is O=C(O)c1ccc(Cl)cc1-c1cc(Cl)c(Cl)c(Cl)c1. The first-order valence-corrected chi connectivity index (χ1v) is 6.59. The molecule has 0 aliphatic rings. The predicted molar refractivity (Wildman–Crippen MR) is 78.9 cm³/mol. The molecular formula is C13H6Cl4O2. The molecule has 1 N–H and O–H groups in total. The van der Waals surface area contributed by atoms with E-state index in [4.69, 9.17) is 46.4 Å². The number of carboxylic acid groups (broad SMARTS) is 1.